The summed E-state index contributed by atoms with van der Waals surface area (Å²) in [5.74, 6) is 0.432. The molecule has 1 aliphatic rings. The summed E-state index contributed by atoms with van der Waals surface area (Å²) in [5, 5.41) is 0. The Morgan fingerprint density at radius 2 is 1.81 bits per heavy atom. The number of aryl methyl sites for hydroxylation is 1. The van der Waals surface area contributed by atoms with Gasteiger partial charge in [0.25, 0.3) is 10.1 Å². The molecule has 0 bridgehead atoms. The summed E-state index contributed by atoms with van der Waals surface area (Å²) in [4.78, 5) is 0.0415. The summed E-state index contributed by atoms with van der Waals surface area (Å²) < 4.78 is 32.7. The van der Waals surface area contributed by atoms with Gasteiger partial charge in [0.1, 0.15) is 0 Å². The van der Waals surface area contributed by atoms with E-state index >= 15 is 0 Å². The van der Waals surface area contributed by atoms with Gasteiger partial charge in [0.05, 0.1) is 4.90 Å². The SMILES string of the molecule is Cc1cc2c(c(S(=O)(=O)O)c1)Cc1cc(C(C)C)ccc1-2. The summed E-state index contributed by atoms with van der Waals surface area (Å²) in [7, 11) is -4.19. The third-order valence-electron chi connectivity index (χ3n) is 4.08. The molecule has 0 saturated heterocycles. The molecule has 2 aromatic rings. The average Bonchev–Trinajstić information content (AvgIpc) is 2.74. The van der Waals surface area contributed by atoms with E-state index in [1.165, 1.54) is 5.56 Å². The van der Waals surface area contributed by atoms with Crippen LogP contribution < -0.4 is 0 Å². The molecule has 0 aliphatic heterocycles. The Kier molecular flexibility index (Phi) is 3.19. The lowest BCUT2D eigenvalue weighted by Crippen LogP contribution is -2.03. The second kappa shape index (κ2) is 4.68. The number of fused-ring (bicyclic) bond motifs is 3. The van der Waals surface area contributed by atoms with Crippen molar-refractivity contribution in [2.45, 2.75) is 38.0 Å². The molecule has 0 atom stereocenters. The normalized spacial score (nSPS) is 13.4. The minimum Gasteiger partial charge on any atom is -0.282 e. The highest BCUT2D eigenvalue weighted by atomic mass is 32.2. The Hall–Kier alpha value is -1.65. The summed E-state index contributed by atoms with van der Waals surface area (Å²) in [5.41, 5.74) is 5.91. The molecule has 0 radical (unpaired) electrons. The van der Waals surface area contributed by atoms with Gasteiger partial charge in [-0.15, -0.1) is 0 Å². The molecule has 2 aromatic carbocycles. The second-order valence-electron chi connectivity index (χ2n) is 6.01. The molecular weight excluding hydrogens is 284 g/mol. The van der Waals surface area contributed by atoms with Crippen molar-refractivity contribution in [1.29, 1.82) is 0 Å². The van der Waals surface area contributed by atoms with Gasteiger partial charge in [-0.1, -0.05) is 38.1 Å². The van der Waals surface area contributed by atoms with Crippen LogP contribution in [0.5, 0.6) is 0 Å². The van der Waals surface area contributed by atoms with Gasteiger partial charge >= 0.3 is 0 Å². The Morgan fingerprint density at radius 1 is 1.10 bits per heavy atom. The van der Waals surface area contributed by atoms with Crippen molar-refractivity contribution in [2.24, 2.45) is 0 Å². The van der Waals surface area contributed by atoms with Crippen LogP contribution in [0, 0.1) is 6.92 Å². The van der Waals surface area contributed by atoms with E-state index in [4.69, 9.17) is 0 Å². The molecule has 0 amide bonds. The van der Waals surface area contributed by atoms with Gasteiger partial charge in [-0.3, -0.25) is 4.55 Å². The van der Waals surface area contributed by atoms with E-state index < -0.39 is 10.1 Å². The van der Waals surface area contributed by atoms with E-state index in [-0.39, 0.29) is 4.90 Å². The molecule has 0 unspecified atom stereocenters. The Morgan fingerprint density at radius 3 is 2.43 bits per heavy atom. The third-order valence-corrected chi connectivity index (χ3v) is 5.00. The van der Waals surface area contributed by atoms with E-state index in [1.807, 2.05) is 13.0 Å². The van der Waals surface area contributed by atoms with Crippen LogP contribution in [0.25, 0.3) is 11.1 Å². The highest BCUT2D eigenvalue weighted by molar-refractivity contribution is 7.85. The molecule has 3 nitrogen and oxygen atoms in total. The number of hydrogen-bond donors (Lipinski definition) is 1. The van der Waals surface area contributed by atoms with E-state index in [0.717, 1.165) is 22.3 Å². The van der Waals surface area contributed by atoms with Crippen LogP contribution in [0.15, 0.2) is 35.2 Å². The highest BCUT2D eigenvalue weighted by Gasteiger charge is 2.26. The minimum absolute atomic E-state index is 0.0415. The predicted molar refractivity (Wildman–Crippen MR) is 83.3 cm³/mol. The summed E-state index contributed by atoms with van der Waals surface area (Å²) in [6.07, 6.45) is 0.556. The molecule has 21 heavy (non-hydrogen) atoms. The maximum atomic E-state index is 11.6. The van der Waals surface area contributed by atoms with E-state index in [0.29, 0.717) is 17.9 Å². The Balaban J connectivity index is 2.24. The molecule has 0 aromatic heterocycles. The van der Waals surface area contributed by atoms with Crippen LogP contribution in [0.1, 0.15) is 42.0 Å². The predicted octanol–water partition coefficient (Wildman–Crippen LogP) is 3.94. The first-order valence-electron chi connectivity index (χ1n) is 7.01. The van der Waals surface area contributed by atoms with Gasteiger partial charge < -0.3 is 0 Å². The quantitative estimate of drug-likeness (QED) is 0.730. The largest absolute Gasteiger partial charge is 0.294 e. The molecular formula is C17H18O3S. The fourth-order valence-electron chi connectivity index (χ4n) is 3.01. The van der Waals surface area contributed by atoms with Crippen molar-refractivity contribution >= 4 is 10.1 Å². The lowest BCUT2D eigenvalue weighted by molar-refractivity contribution is 0.482. The third kappa shape index (κ3) is 2.39. The Bertz CT molecular complexity index is 833. The lowest BCUT2D eigenvalue weighted by Gasteiger charge is -2.08. The molecule has 0 spiro atoms. The van der Waals surface area contributed by atoms with Gasteiger partial charge in [0.2, 0.25) is 0 Å². The maximum Gasteiger partial charge on any atom is 0.294 e. The number of benzene rings is 2. The first kappa shape index (κ1) is 14.3. The van der Waals surface area contributed by atoms with Crippen LogP contribution in [-0.2, 0) is 16.5 Å². The van der Waals surface area contributed by atoms with E-state index in [2.05, 4.69) is 32.0 Å². The molecule has 0 fully saturated rings. The molecule has 110 valence electrons. The standard InChI is InChI=1S/C17H18O3S/c1-10(2)12-4-5-14-13(8-12)9-16-15(14)6-11(3)7-17(16)21(18,19)20/h4-8,10H,9H2,1-3H3,(H,18,19,20). The maximum absolute atomic E-state index is 11.6. The molecule has 1 aliphatic carbocycles. The van der Waals surface area contributed by atoms with Gasteiger partial charge in [0, 0.05) is 6.42 Å². The number of rotatable bonds is 2. The van der Waals surface area contributed by atoms with Crippen LogP contribution in [0.4, 0.5) is 0 Å². The fraction of sp³-hybridized carbons (Fsp3) is 0.294. The zero-order valence-electron chi connectivity index (χ0n) is 12.3. The Labute approximate surface area is 125 Å². The second-order valence-corrected chi connectivity index (χ2v) is 7.40. The number of hydrogen-bond acceptors (Lipinski definition) is 2. The average molecular weight is 302 g/mol. The van der Waals surface area contributed by atoms with Crippen LogP contribution >= 0.6 is 0 Å². The summed E-state index contributed by atoms with van der Waals surface area (Å²) >= 11 is 0. The zero-order chi connectivity index (χ0) is 15.4. The van der Waals surface area contributed by atoms with Gasteiger partial charge in [-0.05, 0) is 52.3 Å². The van der Waals surface area contributed by atoms with Crippen LogP contribution in [0.3, 0.4) is 0 Å². The zero-order valence-corrected chi connectivity index (χ0v) is 13.2. The van der Waals surface area contributed by atoms with Crippen molar-refractivity contribution in [3.8, 4) is 11.1 Å². The molecule has 0 heterocycles. The molecule has 1 N–H and O–H groups in total. The van der Waals surface area contributed by atoms with Crippen LogP contribution in [0.2, 0.25) is 0 Å². The summed E-state index contributed by atoms with van der Waals surface area (Å²) in [6, 6.07) is 9.83. The van der Waals surface area contributed by atoms with Crippen molar-refractivity contribution < 1.29 is 13.0 Å². The molecule has 3 rings (SSSR count). The fourth-order valence-corrected chi connectivity index (χ4v) is 3.84. The van der Waals surface area contributed by atoms with E-state index in [9.17, 15) is 13.0 Å². The monoisotopic (exact) mass is 302 g/mol. The van der Waals surface area contributed by atoms with Crippen LogP contribution in [-0.4, -0.2) is 13.0 Å². The topological polar surface area (TPSA) is 54.4 Å². The van der Waals surface area contributed by atoms with Gasteiger partial charge in [-0.25, -0.2) is 0 Å². The van der Waals surface area contributed by atoms with Crippen molar-refractivity contribution in [2.75, 3.05) is 0 Å². The van der Waals surface area contributed by atoms with E-state index in [1.54, 1.807) is 6.07 Å². The van der Waals surface area contributed by atoms with Crippen molar-refractivity contribution in [3.05, 3.63) is 52.6 Å². The smallest absolute Gasteiger partial charge is 0.282 e. The lowest BCUT2D eigenvalue weighted by atomic mass is 9.97. The van der Waals surface area contributed by atoms with Gasteiger partial charge in [-0.2, -0.15) is 8.42 Å². The first-order chi connectivity index (χ1) is 9.77. The van der Waals surface area contributed by atoms with Crippen molar-refractivity contribution in [1.82, 2.24) is 0 Å². The summed E-state index contributed by atoms with van der Waals surface area (Å²) in [6.45, 7) is 6.12. The first-order valence-corrected chi connectivity index (χ1v) is 8.45. The van der Waals surface area contributed by atoms with Gasteiger partial charge in [0.15, 0.2) is 0 Å². The highest BCUT2D eigenvalue weighted by Crippen LogP contribution is 2.41. The minimum atomic E-state index is -4.19. The molecule has 0 saturated carbocycles. The van der Waals surface area contributed by atoms with Crippen molar-refractivity contribution in [3.63, 3.8) is 0 Å². The molecule has 4 heteroatoms.